The molecule has 146 valence electrons. The number of amides is 1. The highest BCUT2D eigenvalue weighted by atomic mass is 32.1. The largest absolute Gasteiger partial charge is 0.494 e. The minimum absolute atomic E-state index is 0.0117. The fraction of sp³-hybridized carbons (Fsp3) is 0.450. The number of β-amino-alcohol motifs (C(OH)–C–C–N with tert-alkyl or cyclic N) is 1. The van der Waals surface area contributed by atoms with E-state index >= 15 is 0 Å². The van der Waals surface area contributed by atoms with Gasteiger partial charge in [-0.05, 0) is 42.6 Å². The number of aliphatic hydroxyl groups is 1. The summed E-state index contributed by atoms with van der Waals surface area (Å²) in [6, 6.07) is 11.2. The van der Waals surface area contributed by atoms with Gasteiger partial charge in [0.1, 0.15) is 17.6 Å². The van der Waals surface area contributed by atoms with Crippen LogP contribution in [-0.2, 0) is 4.79 Å². The number of benzene rings is 1. The Morgan fingerprint density at radius 3 is 2.37 bits per heavy atom. The van der Waals surface area contributed by atoms with Crippen molar-refractivity contribution in [2.24, 2.45) is 0 Å². The fourth-order valence-corrected chi connectivity index (χ4v) is 3.73. The van der Waals surface area contributed by atoms with E-state index in [1.54, 1.807) is 11.3 Å². The van der Waals surface area contributed by atoms with E-state index in [4.69, 9.17) is 9.47 Å². The van der Waals surface area contributed by atoms with Crippen molar-refractivity contribution in [2.45, 2.75) is 13.0 Å². The number of thiophene rings is 1. The minimum atomic E-state index is -0.463. The first kappa shape index (κ1) is 19.7. The van der Waals surface area contributed by atoms with E-state index in [2.05, 4.69) is 4.90 Å². The molecule has 1 unspecified atom stereocenters. The highest BCUT2D eigenvalue weighted by molar-refractivity contribution is 7.10. The molecule has 1 saturated heterocycles. The number of nitrogens with zero attached hydrogens (tertiary/aromatic N) is 2. The molecular formula is C20H26N2O4S. The van der Waals surface area contributed by atoms with E-state index in [0.717, 1.165) is 23.7 Å². The van der Waals surface area contributed by atoms with E-state index in [9.17, 15) is 9.90 Å². The van der Waals surface area contributed by atoms with Crippen molar-refractivity contribution in [1.82, 2.24) is 9.80 Å². The van der Waals surface area contributed by atoms with Crippen molar-refractivity contribution in [3.05, 3.63) is 46.7 Å². The molecular weight excluding hydrogens is 364 g/mol. The van der Waals surface area contributed by atoms with Crippen molar-refractivity contribution in [3.8, 4) is 11.5 Å². The zero-order valence-electron chi connectivity index (χ0n) is 15.5. The summed E-state index contributed by atoms with van der Waals surface area (Å²) in [6.07, 6.45) is -0.463. The fourth-order valence-electron chi connectivity index (χ4n) is 3.03. The monoisotopic (exact) mass is 390 g/mol. The van der Waals surface area contributed by atoms with Gasteiger partial charge in [-0.15, -0.1) is 11.3 Å². The Bertz CT molecular complexity index is 697. The second-order valence-corrected chi connectivity index (χ2v) is 7.38. The van der Waals surface area contributed by atoms with Gasteiger partial charge < -0.3 is 19.5 Å². The van der Waals surface area contributed by atoms with Crippen LogP contribution in [0.3, 0.4) is 0 Å². The molecule has 1 aliphatic heterocycles. The van der Waals surface area contributed by atoms with Crippen molar-refractivity contribution >= 4 is 17.2 Å². The lowest BCUT2D eigenvalue weighted by molar-refractivity contribution is -0.135. The number of piperazine rings is 1. The van der Waals surface area contributed by atoms with Gasteiger partial charge in [0.25, 0.3) is 5.91 Å². The van der Waals surface area contributed by atoms with Gasteiger partial charge in [-0.3, -0.25) is 9.69 Å². The summed E-state index contributed by atoms with van der Waals surface area (Å²) < 4.78 is 11.0. The third-order valence-electron chi connectivity index (χ3n) is 4.52. The molecule has 2 aromatic rings. The number of carbonyl (C=O) groups is 1. The molecule has 1 aromatic carbocycles. The highest BCUT2D eigenvalue weighted by Crippen LogP contribution is 2.20. The van der Waals surface area contributed by atoms with E-state index in [-0.39, 0.29) is 12.5 Å². The number of ether oxygens (including phenoxy) is 2. The summed E-state index contributed by atoms with van der Waals surface area (Å²) in [7, 11) is 0. The molecule has 1 amide bonds. The molecule has 0 spiro atoms. The smallest absolute Gasteiger partial charge is 0.260 e. The minimum Gasteiger partial charge on any atom is -0.494 e. The molecule has 0 radical (unpaired) electrons. The third-order valence-corrected chi connectivity index (χ3v) is 5.50. The van der Waals surface area contributed by atoms with Gasteiger partial charge in [0.2, 0.25) is 0 Å². The summed E-state index contributed by atoms with van der Waals surface area (Å²) in [5, 5.41) is 12.2. The molecule has 1 aliphatic rings. The molecule has 0 aliphatic carbocycles. The van der Waals surface area contributed by atoms with Crippen LogP contribution in [0.25, 0.3) is 0 Å². The molecule has 1 aromatic heterocycles. The molecule has 1 atom stereocenters. The standard InChI is InChI=1S/C20H26N2O4S/c1-2-25-16-5-7-17(8-6-16)26-15-20(24)22-11-9-21(10-12-22)14-18(23)19-4-3-13-27-19/h3-8,13,18,23H,2,9-12,14-15H2,1H3. The molecule has 0 bridgehead atoms. The molecule has 3 rings (SSSR count). The van der Waals surface area contributed by atoms with Crippen LogP contribution >= 0.6 is 11.3 Å². The Hall–Kier alpha value is -2.09. The summed E-state index contributed by atoms with van der Waals surface area (Å²) in [5.74, 6) is 1.43. The molecule has 1 N–H and O–H groups in total. The quantitative estimate of drug-likeness (QED) is 0.750. The highest BCUT2D eigenvalue weighted by Gasteiger charge is 2.23. The van der Waals surface area contributed by atoms with Crippen molar-refractivity contribution in [3.63, 3.8) is 0 Å². The normalized spacial score (nSPS) is 16.1. The Kier molecular flexibility index (Phi) is 7.09. The van der Waals surface area contributed by atoms with E-state index in [0.29, 0.717) is 32.0 Å². The van der Waals surface area contributed by atoms with Crippen molar-refractivity contribution < 1.29 is 19.4 Å². The van der Waals surface area contributed by atoms with Gasteiger partial charge in [-0.1, -0.05) is 6.07 Å². The number of rotatable bonds is 8. The van der Waals surface area contributed by atoms with Gasteiger partial charge in [-0.25, -0.2) is 0 Å². The Morgan fingerprint density at radius 1 is 1.11 bits per heavy atom. The van der Waals surface area contributed by atoms with E-state index in [1.807, 2.05) is 53.6 Å². The van der Waals surface area contributed by atoms with E-state index < -0.39 is 6.10 Å². The molecule has 0 saturated carbocycles. The summed E-state index contributed by atoms with van der Waals surface area (Å²) in [4.78, 5) is 17.4. The maximum Gasteiger partial charge on any atom is 0.260 e. The predicted molar refractivity (Wildman–Crippen MR) is 105 cm³/mol. The lowest BCUT2D eigenvalue weighted by Gasteiger charge is -2.35. The zero-order chi connectivity index (χ0) is 19.1. The number of aliphatic hydroxyl groups excluding tert-OH is 1. The number of hydrogen-bond donors (Lipinski definition) is 1. The van der Waals surface area contributed by atoms with Gasteiger partial charge in [0.15, 0.2) is 6.61 Å². The molecule has 7 heteroatoms. The average Bonchev–Trinajstić information content (AvgIpc) is 3.23. The zero-order valence-corrected chi connectivity index (χ0v) is 16.4. The first-order valence-electron chi connectivity index (χ1n) is 9.23. The van der Waals surface area contributed by atoms with Gasteiger partial charge in [0, 0.05) is 37.6 Å². The molecule has 2 heterocycles. The van der Waals surface area contributed by atoms with Crippen LogP contribution in [-0.4, -0.2) is 66.8 Å². The van der Waals surface area contributed by atoms with Crippen LogP contribution in [0.5, 0.6) is 11.5 Å². The average molecular weight is 391 g/mol. The molecule has 1 fully saturated rings. The van der Waals surface area contributed by atoms with Crippen LogP contribution in [0, 0.1) is 0 Å². The SMILES string of the molecule is CCOc1ccc(OCC(=O)N2CCN(CC(O)c3cccs3)CC2)cc1. The second kappa shape index (κ2) is 9.73. The lowest BCUT2D eigenvalue weighted by atomic mass is 10.2. The molecule has 6 nitrogen and oxygen atoms in total. The van der Waals surface area contributed by atoms with Crippen molar-refractivity contribution in [2.75, 3.05) is 45.9 Å². The van der Waals surface area contributed by atoms with Crippen LogP contribution in [0.2, 0.25) is 0 Å². The Morgan fingerprint density at radius 2 is 1.78 bits per heavy atom. The van der Waals surface area contributed by atoms with Crippen molar-refractivity contribution in [1.29, 1.82) is 0 Å². The Labute approximate surface area is 163 Å². The predicted octanol–water partition coefficient (Wildman–Crippen LogP) is 2.40. The maximum atomic E-state index is 12.4. The lowest BCUT2D eigenvalue weighted by Crippen LogP contribution is -2.50. The van der Waals surface area contributed by atoms with Crippen LogP contribution in [0.1, 0.15) is 17.9 Å². The van der Waals surface area contributed by atoms with Crippen LogP contribution in [0.4, 0.5) is 0 Å². The third kappa shape index (κ3) is 5.69. The summed E-state index contributed by atoms with van der Waals surface area (Å²) in [5.41, 5.74) is 0. The Balaban J connectivity index is 1.39. The van der Waals surface area contributed by atoms with Gasteiger partial charge >= 0.3 is 0 Å². The van der Waals surface area contributed by atoms with Gasteiger partial charge in [-0.2, -0.15) is 0 Å². The first-order valence-corrected chi connectivity index (χ1v) is 10.1. The maximum absolute atomic E-state index is 12.4. The number of hydrogen-bond acceptors (Lipinski definition) is 6. The van der Waals surface area contributed by atoms with Crippen LogP contribution in [0.15, 0.2) is 41.8 Å². The van der Waals surface area contributed by atoms with Gasteiger partial charge in [0.05, 0.1) is 6.61 Å². The summed E-state index contributed by atoms with van der Waals surface area (Å²) in [6.45, 7) is 6.03. The van der Waals surface area contributed by atoms with Crippen LogP contribution < -0.4 is 9.47 Å². The molecule has 27 heavy (non-hydrogen) atoms. The number of carbonyl (C=O) groups excluding carboxylic acids is 1. The second-order valence-electron chi connectivity index (χ2n) is 6.41. The van der Waals surface area contributed by atoms with E-state index in [1.165, 1.54) is 0 Å². The summed E-state index contributed by atoms with van der Waals surface area (Å²) >= 11 is 1.57. The first-order chi connectivity index (χ1) is 13.2. The topological polar surface area (TPSA) is 62.2 Å².